The number of carbonyl (C=O) groups excluding carboxylic acids is 2. The van der Waals surface area contributed by atoms with Crippen molar-refractivity contribution < 1.29 is 18.4 Å². The van der Waals surface area contributed by atoms with Gasteiger partial charge in [-0.3, -0.25) is 9.59 Å². The second-order valence-corrected chi connectivity index (χ2v) is 9.59. The van der Waals surface area contributed by atoms with Gasteiger partial charge in [-0.25, -0.2) is 13.8 Å². The molecule has 10 heteroatoms. The van der Waals surface area contributed by atoms with Crippen LogP contribution in [0.25, 0.3) is 11.4 Å². The summed E-state index contributed by atoms with van der Waals surface area (Å²) in [7, 11) is 3.50. The summed E-state index contributed by atoms with van der Waals surface area (Å²) >= 11 is 5.94. The third kappa shape index (κ3) is 4.95. The van der Waals surface area contributed by atoms with Gasteiger partial charge in [0, 0.05) is 26.2 Å². The van der Waals surface area contributed by atoms with Gasteiger partial charge >= 0.3 is 0 Å². The summed E-state index contributed by atoms with van der Waals surface area (Å²) in [6.45, 7) is 1.74. The minimum atomic E-state index is -0.857. The number of amides is 2. The van der Waals surface area contributed by atoms with Crippen molar-refractivity contribution in [2.45, 2.75) is 57.7 Å². The van der Waals surface area contributed by atoms with E-state index in [-0.39, 0.29) is 33.9 Å². The van der Waals surface area contributed by atoms with Crippen LogP contribution in [-0.4, -0.2) is 52.9 Å². The molecule has 2 N–H and O–H groups in total. The molecular formula is C24H30ClF2N5O2. The molecule has 1 fully saturated rings. The van der Waals surface area contributed by atoms with E-state index in [9.17, 15) is 18.4 Å². The van der Waals surface area contributed by atoms with Crippen molar-refractivity contribution in [3.63, 3.8) is 0 Å². The van der Waals surface area contributed by atoms with Crippen molar-refractivity contribution in [1.82, 2.24) is 25.1 Å². The van der Waals surface area contributed by atoms with Gasteiger partial charge < -0.3 is 20.1 Å². The standard InChI is InChI=1S/C24H30ClF2N5O2/c1-28-23(33)20(14-7-4-3-5-8-14)30-24(34)21-19-13-31(2)9-6-10-32(19)22(29-21)15-11-16(25)18(27)12-17(15)26/h11-12,14,20H,3-10,13H2,1-2H3,(H,28,33)(H,30,34)/t20-/m0/s1. The lowest BCUT2D eigenvalue weighted by molar-refractivity contribution is -0.124. The molecule has 34 heavy (non-hydrogen) atoms. The average molecular weight is 494 g/mol. The summed E-state index contributed by atoms with van der Waals surface area (Å²) in [6, 6.07) is 1.26. The molecule has 0 unspecified atom stereocenters. The fraction of sp³-hybridized carbons (Fsp3) is 0.542. The summed E-state index contributed by atoms with van der Waals surface area (Å²) in [5.74, 6) is -2.09. The number of hydrogen-bond acceptors (Lipinski definition) is 4. The molecule has 0 saturated heterocycles. The SMILES string of the molecule is CNC(=O)[C@@H](NC(=O)c1nc(-c2cc(Cl)c(F)cc2F)n2c1CN(C)CCC2)C1CCCCC1. The molecule has 1 aliphatic carbocycles. The summed E-state index contributed by atoms with van der Waals surface area (Å²) in [5, 5.41) is 5.36. The quantitative estimate of drug-likeness (QED) is 0.622. The summed E-state index contributed by atoms with van der Waals surface area (Å²) in [5.41, 5.74) is 0.811. The molecule has 2 aliphatic rings. The molecule has 0 spiro atoms. The van der Waals surface area contributed by atoms with Gasteiger partial charge in [-0.1, -0.05) is 30.9 Å². The van der Waals surface area contributed by atoms with E-state index in [2.05, 4.69) is 20.5 Å². The monoisotopic (exact) mass is 493 g/mol. The first-order chi connectivity index (χ1) is 16.3. The van der Waals surface area contributed by atoms with Crippen LogP contribution in [0, 0.1) is 17.6 Å². The first kappa shape index (κ1) is 24.6. The topological polar surface area (TPSA) is 79.3 Å². The number of benzene rings is 1. The number of imidazole rings is 1. The highest BCUT2D eigenvalue weighted by Crippen LogP contribution is 2.32. The van der Waals surface area contributed by atoms with E-state index in [0.29, 0.717) is 18.8 Å². The molecule has 1 aromatic carbocycles. The molecule has 2 heterocycles. The van der Waals surface area contributed by atoms with Gasteiger partial charge in [0.05, 0.1) is 16.3 Å². The van der Waals surface area contributed by atoms with E-state index < -0.39 is 23.6 Å². The van der Waals surface area contributed by atoms with Crippen LogP contribution in [0.4, 0.5) is 8.78 Å². The highest BCUT2D eigenvalue weighted by molar-refractivity contribution is 6.31. The van der Waals surface area contributed by atoms with Crippen molar-refractivity contribution in [1.29, 1.82) is 0 Å². The molecule has 7 nitrogen and oxygen atoms in total. The molecule has 2 amide bonds. The lowest BCUT2D eigenvalue weighted by Gasteiger charge is -2.29. The maximum Gasteiger partial charge on any atom is 0.272 e. The molecular weight excluding hydrogens is 464 g/mol. The van der Waals surface area contributed by atoms with Crippen LogP contribution in [-0.2, 0) is 17.9 Å². The number of nitrogens with zero attached hydrogens (tertiary/aromatic N) is 3. The molecule has 1 saturated carbocycles. The van der Waals surface area contributed by atoms with E-state index in [4.69, 9.17) is 11.6 Å². The van der Waals surface area contributed by atoms with Crippen LogP contribution in [0.1, 0.15) is 54.7 Å². The van der Waals surface area contributed by atoms with Gasteiger partial charge in [-0.05, 0) is 44.8 Å². The molecule has 184 valence electrons. The minimum absolute atomic E-state index is 0.0337. The first-order valence-corrected chi connectivity index (χ1v) is 12.1. The zero-order valence-corrected chi connectivity index (χ0v) is 20.2. The van der Waals surface area contributed by atoms with E-state index in [1.807, 2.05) is 7.05 Å². The smallest absolute Gasteiger partial charge is 0.272 e. The predicted octanol–water partition coefficient (Wildman–Crippen LogP) is 3.74. The van der Waals surface area contributed by atoms with Crippen molar-refractivity contribution in [2.75, 3.05) is 20.6 Å². The Morgan fingerprint density at radius 3 is 2.56 bits per heavy atom. The number of halogens is 3. The number of aromatic nitrogens is 2. The Kier molecular flexibility index (Phi) is 7.52. The Morgan fingerprint density at radius 2 is 1.85 bits per heavy atom. The maximum atomic E-state index is 14.8. The summed E-state index contributed by atoms with van der Waals surface area (Å²) in [4.78, 5) is 32.7. The van der Waals surface area contributed by atoms with Gasteiger partial charge in [0.1, 0.15) is 23.5 Å². The van der Waals surface area contributed by atoms with Crippen molar-refractivity contribution in [2.24, 2.45) is 5.92 Å². The van der Waals surface area contributed by atoms with Crippen LogP contribution in [0.5, 0.6) is 0 Å². The Labute approximate surface area is 202 Å². The zero-order valence-electron chi connectivity index (χ0n) is 19.5. The lowest BCUT2D eigenvalue weighted by atomic mass is 9.83. The Hall–Kier alpha value is -2.52. The molecule has 1 aromatic heterocycles. The fourth-order valence-electron chi connectivity index (χ4n) is 5.03. The Morgan fingerprint density at radius 1 is 1.12 bits per heavy atom. The van der Waals surface area contributed by atoms with Crippen LogP contribution in [0.15, 0.2) is 12.1 Å². The second-order valence-electron chi connectivity index (χ2n) is 9.18. The molecule has 4 rings (SSSR count). The van der Waals surface area contributed by atoms with E-state index >= 15 is 0 Å². The molecule has 0 bridgehead atoms. The van der Waals surface area contributed by atoms with Crippen LogP contribution in [0.3, 0.4) is 0 Å². The minimum Gasteiger partial charge on any atom is -0.357 e. The third-order valence-corrected chi connectivity index (χ3v) is 7.11. The predicted molar refractivity (Wildman–Crippen MR) is 125 cm³/mol. The number of nitrogens with one attached hydrogen (secondary N) is 2. The zero-order chi connectivity index (χ0) is 24.4. The normalized spacial score (nSPS) is 18.1. The van der Waals surface area contributed by atoms with Gasteiger partial charge in [0.15, 0.2) is 5.69 Å². The van der Waals surface area contributed by atoms with Crippen molar-refractivity contribution >= 4 is 23.4 Å². The molecule has 1 atom stereocenters. The van der Waals surface area contributed by atoms with Crippen molar-refractivity contribution in [3.8, 4) is 11.4 Å². The summed E-state index contributed by atoms with van der Waals surface area (Å²) in [6.07, 6.45) is 5.68. The lowest BCUT2D eigenvalue weighted by Crippen LogP contribution is -2.50. The maximum absolute atomic E-state index is 14.8. The Bertz CT molecular complexity index is 1080. The number of rotatable bonds is 5. The van der Waals surface area contributed by atoms with Gasteiger partial charge in [-0.2, -0.15) is 0 Å². The Balaban J connectivity index is 1.74. The fourth-order valence-corrected chi connectivity index (χ4v) is 5.20. The van der Waals surface area contributed by atoms with Crippen LogP contribution in [0.2, 0.25) is 5.02 Å². The largest absolute Gasteiger partial charge is 0.357 e. The van der Waals surface area contributed by atoms with E-state index in [0.717, 1.165) is 51.1 Å². The van der Waals surface area contributed by atoms with Crippen molar-refractivity contribution in [3.05, 3.63) is 40.2 Å². The average Bonchev–Trinajstić information content (AvgIpc) is 3.05. The number of carbonyl (C=O) groups is 2. The first-order valence-electron chi connectivity index (χ1n) is 11.8. The van der Waals surface area contributed by atoms with Gasteiger partial charge in [0.25, 0.3) is 5.91 Å². The molecule has 2 aromatic rings. The van der Waals surface area contributed by atoms with E-state index in [1.165, 1.54) is 6.07 Å². The van der Waals surface area contributed by atoms with E-state index in [1.54, 1.807) is 11.6 Å². The van der Waals surface area contributed by atoms with Crippen LogP contribution >= 0.6 is 11.6 Å². The number of fused-ring (bicyclic) bond motifs is 1. The number of likely N-dealkylation sites (N-methyl/N-ethyl adjacent to an activating group) is 1. The highest BCUT2D eigenvalue weighted by Gasteiger charge is 2.33. The third-order valence-electron chi connectivity index (χ3n) is 6.82. The number of hydrogen-bond donors (Lipinski definition) is 2. The molecule has 1 aliphatic heterocycles. The van der Waals surface area contributed by atoms with Gasteiger partial charge in [-0.15, -0.1) is 0 Å². The molecule has 0 radical (unpaired) electrons. The van der Waals surface area contributed by atoms with Gasteiger partial charge in [0.2, 0.25) is 5.91 Å². The highest BCUT2D eigenvalue weighted by atomic mass is 35.5. The van der Waals surface area contributed by atoms with Crippen LogP contribution < -0.4 is 10.6 Å². The second kappa shape index (κ2) is 10.4. The summed E-state index contributed by atoms with van der Waals surface area (Å²) < 4.78 is 30.4.